The standard InChI is InChI=1S/C26H30N2O.C2H6/c1-3-7-23(8-4-1)20-28-17-15-25(16-18-28)27-19-22-11-13-26(14-12-22)29-21-24-9-5-2-6-10-24;1-2/h1-14,25,27H,15-21H2;1-2H3. The lowest BCUT2D eigenvalue weighted by Gasteiger charge is -2.32. The monoisotopic (exact) mass is 416 g/mol. The number of nitrogens with zero attached hydrogens (tertiary/aromatic N) is 1. The lowest BCUT2D eigenvalue weighted by molar-refractivity contribution is 0.190. The minimum atomic E-state index is 0.607. The van der Waals surface area contributed by atoms with Gasteiger partial charge in [0.05, 0.1) is 0 Å². The van der Waals surface area contributed by atoms with E-state index in [1.54, 1.807) is 0 Å². The third-order valence-electron chi connectivity index (χ3n) is 5.60. The Labute approximate surface area is 188 Å². The van der Waals surface area contributed by atoms with Crippen LogP contribution in [0.2, 0.25) is 0 Å². The van der Waals surface area contributed by atoms with Gasteiger partial charge in [0.25, 0.3) is 0 Å². The summed E-state index contributed by atoms with van der Waals surface area (Å²) in [6, 6.07) is 30.1. The molecule has 0 aliphatic carbocycles. The zero-order valence-corrected chi connectivity index (χ0v) is 19.0. The van der Waals surface area contributed by atoms with E-state index in [4.69, 9.17) is 4.74 Å². The molecule has 1 aliphatic rings. The summed E-state index contributed by atoms with van der Waals surface area (Å²) < 4.78 is 5.88. The van der Waals surface area contributed by atoms with Crippen LogP contribution in [0.3, 0.4) is 0 Å². The normalized spacial score (nSPS) is 14.5. The fourth-order valence-corrected chi connectivity index (χ4v) is 3.84. The molecule has 1 saturated heterocycles. The van der Waals surface area contributed by atoms with Gasteiger partial charge >= 0.3 is 0 Å². The summed E-state index contributed by atoms with van der Waals surface area (Å²) in [4.78, 5) is 2.56. The lowest BCUT2D eigenvalue weighted by atomic mass is 10.0. The van der Waals surface area contributed by atoms with Gasteiger partial charge in [-0.25, -0.2) is 0 Å². The van der Waals surface area contributed by atoms with E-state index in [0.29, 0.717) is 12.6 Å². The number of ether oxygens (including phenoxy) is 1. The molecule has 1 heterocycles. The highest BCUT2D eigenvalue weighted by Crippen LogP contribution is 2.17. The Balaban J connectivity index is 0.00000132. The number of likely N-dealkylation sites (tertiary alicyclic amines) is 1. The molecule has 4 rings (SSSR count). The number of benzene rings is 3. The molecular formula is C28H36N2O. The molecule has 0 saturated carbocycles. The van der Waals surface area contributed by atoms with Crippen molar-refractivity contribution < 1.29 is 4.74 Å². The number of hydrogen-bond donors (Lipinski definition) is 1. The molecule has 3 aromatic rings. The predicted molar refractivity (Wildman–Crippen MR) is 130 cm³/mol. The molecule has 0 amide bonds. The maximum Gasteiger partial charge on any atom is 0.119 e. The topological polar surface area (TPSA) is 24.5 Å². The van der Waals surface area contributed by atoms with Gasteiger partial charge in [0.2, 0.25) is 0 Å². The molecule has 1 fully saturated rings. The van der Waals surface area contributed by atoms with Crippen LogP contribution < -0.4 is 10.1 Å². The van der Waals surface area contributed by atoms with Crippen molar-refractivity contribution in [2.75, 3.05) is 13.1 Å². The molecule has 0 radical (unpaired) electrons. The number of nitrogens with one attached hydrogen (secondary N) is 1. The van der Waals surface area contributed by atoms with Gasteiger partial charge in [0, 0.05) is 19.1 Å². The van der Waals surface area contributed by atoms with Gasteiger partial charge in [-0.05, 0) is 54.8 Å². The molecular weight excluding hydrogens is 380 g/mol. The van der Waals surface area contributed by atoms with Crippen molar-refractivity contribution in [2.24, 2.45) is 0 Å². The highest BCUT2D eigenvalue weighted by atomic mass is 16.5. The number of hydrogen-bond acceptors (Lipinski definition) is 3. The summed E-state index contributed by atoms with van der Waals surface area (Å²) in [6.45, 7) is 8.93. The molecule has 3 heteroatoms. The van der Waals surface area contributed by atoms with Gasteiger partial charge in [0.1, 0.15) is 12.4 Å². The third-order valence-corrected chi connectivity index (χ3v) is 5.60. The first kappa shape index (κ1) is 23.1. The van der Waals surface area contributed by atoms with E-state index in [1.807, 2.05) is 32.0 Å². The van der Waals surface area contributed by atoms with Crippen molar-refractivity contribution in [3.05, 3.63) is 102 Å². The maximum absolute atomic E-state index is 5.88. The SMILES string of the molecule is CC.c1ccc(COc2ccc(CNC3CCN(Cc4ccccc4)CC3)cc2)cc1. The zero-order valence-electron chi connectivity index (χ0n) is 19.0. The Morgan fingerprint density at radius 2 is 1.32 bits per heavy atom. The van der Waals surface area contributed by atoms with Gasteiger partial charge < -0.3 is 10.1 Å². The van der Waals surface area contributed by atoms with Crippen LogP contribution in [-0.2, 0) is 19.7 Å². The van der Waals surface area contributed by atoms with Crippen LogP contribution in [0.15, 0.2) is 84.9 Å². The van der Waals surface area contributed by atoms with E-state index in [0.717, 1.165) is 18.8 Å². The van der Waals surface area contributed by atoms with Gasteiger partial charge in [-0.3, -0.25) is 4.90 Å². The molecule has 1 N–H and O–H groups in total. The van der Waals surface area contributed by atoms with Gasteiger partial charge in [-0.2, -0.15) is 0 Å². The third kappa shape index (κ3) is 7.86. The predicted octanol–water partition coefficient (Wildman–Crippen LogP) is 6.05. The van der Waals surface area contributed by atoms with Gasteiger partial charge in [-0.1, -0.05) is 86.6 Å². The van der Waals surface area contributed by atoms with Crippen LogP contribution in [0.5, 0.6) is 5.75 Å². The maximum atomic E-state index is 5.88. The summed E-state index contributed by atoms with van der Waals surface area (Å²) in [6.07, 6.45) is 2.43. The van der Waals surface area contributed by atoms with Crippen LogP contribution >= 0.6 is 0 Å². The minimum absolute atomic E-state index is 0.607. The first-order valence-corrected chi connectivity index (χ1v) is 11.6. The summed E-state index contributed by atoms with van der Waals surface area (Å²) in [5.41, 5.74) is 3.91. The summed E-state index contributed by atoms with van der Waals surface area (Å²) in [7, 11) is 0. The van der Waals surface area contributed by atoms with Crippen LogP contribution in [0, 0.1) is 0 Å². The molecule has 0 bridgehead atoms. The van der Waals surface area contributed by atoms with E-state index >= 15 is 0 Å². The second-order valence-corrected chi connectivity index (χ2v) is 7.84. The second kappa shape index (κ2) is 12.9. The molecule has 0 aromatic heterocycles. The Morgan fingerprint density at radius 3 is 1.94 bits per heavy atom. The van der Waals surface area contributed by atoms with Gasteiger partial charge in [0.15, 0.2) is 0 Å². The van der Waals surface area contributed by atoms with E-state index < -0.39 is 0 Å². The minimum Gasteiger partial charge on any atom is -0.489 e. The Morgan fingerprint density at radius 1 is 0.742 bits per heavy atom. The number of rotatable bonds is 8. The summed E-state index contributed by atoms with van der Waals surface area (Å²) in [5, 5.41) is 3.73. The molecule has 0 spiro atoms. The lowest BCUT2D eigenvalue weighted by Crippen LogP contribution is -2.41. The highest BCUT2D eigenvalue weighted by molar-refractivity contribution is 5.28. The smallest absolute Gasteiger partial charge is 0.119 e. The van der Waals surface area contributed by atoms with Crippen molar-refractivity contribution in [2.45, 2.75) is 52.4 Å². The van der Waals surface area contributed by atoms with Gasteiger partial charge in [-0.15, -0.1) is 0 Å². The highest BCUT2D eigenvalue weighted by Gasteiger charge is 2.18. The molecule has 0 unspecified atom stereocenters. The summed E-state index contributed by atoms with van der Waals surface area (Å²) >= 11 is 0. The molecule has 164 valence electrons. The van der Waals surface area contributed by atoms with E-state index in [1.165, 1.54) is 42.6 Å². The number of piperidine rings is 1. The van der Waals surface area contributed by atoms with Crippen LogP contribution in [0.25, 0.3) is 0 Å². The average molecular weight is 417 g/mol. The first-order chi connectivity index (χ1) is 15.3. The molecule has 31 heavy (non-hydrogen) atoms. The van der Waals surface area contributed by atoms with E-state index in [9.17, 15) is 0 Å². The zero-order chi connectivity index (χ0) is 21.7. The van der Waals surface area contributed by atoms with E-state index in [-0.39, 0.29) is 0 Å². The van der Waals surface area contributed by atoms with Crippen LogP contribution in [-0.4, -0.2) is 24.0 Å². The van der Waals surface area contributed by atoms with E-state index in [2.05, 4.69) is 76.9 Å². The first-order valence-electron chi connectivity index (χ1n) is 11.6. The molecule has 3 aromatic carbocycles. The fourth-order valence-electron chi connectivity index (χ4n) is 3.84. The average Bonchev–Trinajstić information content (AvgIpc) is 2.85. The quantitative estimate of drug-likeness (QED) is 0.484. The molecule has 1 aliphatic heterocycles. The second-order valence-electron chi connectivity index (χ2n) is 7.84. The Bertz CT molecular complexity index is 841. The fraction of sp³-hybridized carbons (Fsp3) is 0.357. The van der Waals surface area contributed by atoms with Crippen LogP contribution in [0.4, 0.5) is 0 Å². The Kier molecular flexibility index (Phi) is 9.62. The molecule has 3 nitrogen and oxygen atoms in total. The Hall–Kier alpha value is -2.62. The van der Waals surface area contributed by atoms with Crippen molar-refractivity contribution in [1.29, 1.82) is 0 Å². The van der Waals surface area contributed by atoms with Crippen molar-refractivity contribution in [1.82, 2.24) is 10.2 Å². The largest absolute Gasteiger partial charge is 0.489 e. The molecule has 0 atom stereocenters. The van der Waals surface area contributed by atoms with Crippen molar-refractivity contribution in [3.8, 4) is 5.75 Å². The van der Waals surface area contributed by atoms with Crippen molar-refractivity contribution in [3.63, 3.8) is 0 Å². The van der Waals surface area contributed by atoms with Crippen LogP contribution in [0.1, 0.15) is 43.4 Å². The van der Waals surface area contributed by atoms with Crippen molar-refractivity contribution >= 4 is 0 Å². The summed E-state index contributed by atoms with van der Waals surface area (Å²) in [5.74, 6) is 0.923.